The van der Waals surface area contributed by atoms with E-state index in [2.05, 4.69) is 11.0 Å². The number of benzene rings is 2. The highest BCUT2D eigenvalue weighted by Gasteiger charge is 2.47. The quantitative estimate of drug-likeness (QED) is 0.292. The molecule has 0 bridgehead atoms. The summed E-state index contributed by atoms with van der Waals surface area (Å²) in [7, 11) is -3.49. The second kappa shape index (κ2) is 12.7. The van der Waals surface area contributed by atoms with E-state index < -0.39 is 21.2 Å². The van der Waals surface area contributed by atoms with Crippen molar-refractivity contribution >= 4 is 16.2 Å². The van der Waals surface area contributed by atoms with Crippen LogP contribution in [0, 0.1) is 24.1 Å². The third-order valence-corrected chi connectivity index (χ3v) is 10.9. The van der Waals surface area contributed by atoms with Gasteiger partial charge in [0.1, 0.15) is 5.82 Å². The molecular formula is C31H42F3N3O2S. The number of nitrogens with zero attached hydrogens (tertiary/aromatic N) is 2. The predicted octanol–water partition coefficient (Wildman–Crippen LogP) is 6.53. The lowest BCUT2D eigenvalue weighted by molar-refractivity contribution is -0.120. The second-order valence-corrected chi connectivity index (χ2v) is 14.0. The number of piperazine rings is 1. The molecule has 2 aromatic carbocycles. The zero-order valence-electron chi connectivity index (χ0n) is 23.8. The Morgan fingerprint density at radius 2 is 1.82 bits per heavy atom. The number of hydrogen-bond donors (Lipinski definition) is 1. The van der Waals surface area contributed by atoms with Crippen LogP contribution in [0.3, 0.4) is 0 Å². The van der Waals surface area contributed by atoms with E-state index in [0.29, 0.717) is 26.1 Å². The van der Waals surface area contributed by atoms with Crippen LogP contribution in [0.15, 0.2) is 36.4 Å². The number of sulfonamides is 1. The largest absolute Gasteiger partial charge is 0.308 e. The highest BCUT2D eigenvalue weighted by atomic mass is 32.2. The van der Waals surface area contributed by atoms with Crippen molar-refractivity contribution in [3.05, 3.63) is 70.0 Å². The molecule has 220 valence electrons. The van der Waals surface area contributed by atoms with Gasteiger partial charge in [0.15, 0.2) is 0 Å². The van der Waals surface area contributed by atoms with Crippen LogP contribution in [-0.2, 0) is 22.9 Å². The van der Waals surface area contributed by atoms with Crippen molar-refractivity contribution in [2.24, 2.45) is 5.92 Å². The summed E-state index contributed by atoms with van der Waals surface area (Å²) in [6.07, 6.45) is 4.87. The molecule has 0 aromatic heterocycles. The fourth-order valence-electron chi connectivity index (χ4n) is 6.24. The molecule has 1 N–H and O–H groups in total. The van der Waals surface area contributed by atoms with Crippen LogP contribution in [0.25, 0.3) is 0 Å². The molecule has 1 aliphatic heterocycles. The van der Waals surface area contributed by atoms with Crippen molar-refractivity contribution in [3.8, 4) is 0 Å². The Hall–Kier alpha value is -2.23. The van der Waals surface area contributed by atoms with E-state index in [-0.39, 0.29) is 37.2 Å². The molecule has 1 heterocycles. The topological polar surface area (TPSA) is 64.5 Å². The van der Waals surface area contributed by atoms with Gasteiger partial charge in [-0.3, -0.25) is 4.90 Å². The smallest absolute Gasteiger partial charge is 0.248 e. The van der Waals surface area contributed by atoms with Crippen LogP contribution in [0.4, 0.5) is 13.2 Å². The summed E-state index contributed by atoms with van der Waals surface area (Å²) in [5, 5.41) is 7.63. The third-order valence-electron chi connectivity index (χ3n) is 8.55. The first-order valence-electron chi connectivity index (χ1n) is 14.4. The first kappa shape index (κ1) is 30.7. The fraction of sp³-hybridized carbons (Fsp3) is 0.581. The van der Waals surface area contributed by atoms with Gasteiger partial charge < -0.3 is 5.41 Å². The maximum Gasteiger partial charge on any atom is 0.248 e. The Morgan fingerprint density at radius 3 is 2.45 bits per heavy atom. The second-order valence-electron chi connectivity index (χ2n) is 11.7. The Balaban J connectivity index is 1.57. The van der Waals surface area contributed by atoms with Gasteiger partial charge in [0.25, 0.3) is 0 Å². The van der Waals surface area contributed by atoms with Crippen LogP contribution >= 0.6 is 0 Å². The van der Waals surface area contributed by atoms with E-state index in [1.165, 1.54) is 18.3 Å². The average Bonchev–Trinajstić information content (AvgIpc) is 2.89. The predicted molar refractivity (Wildman–Crippen MR) is 154 cm³/mol. The zero-order valence-corrected chi connectivity index (χ0v) is 24.6. The summed E-state index contributed by atoms with van der Waals surface area (Å²) in [6, 6.07) is 10.3. The van der Waals surface area contributed by atoms with Crippen LogP contribution in [-0.4, -0.2) is 61.2 Å². The van der Waals surface area contributed by atoms with Gasteiger partial charge >= 0.3 is 0 Å². The minimum absolute atomic E-state index is 0.104. The van der Waals surface area contributed by atoms with E-state index >= 15 is 0 Å². The van der Waals surface area contributed by atoms with Gasteiger partial charge in [0.2, 0.25) is 15.9 Å². The number of hydrogen-bond acceptors (Lipinski definition) is 4. The highest BCUT2D eigenvalue weighted by Crippen LogP contribution is 2.44. The standard InChI is InChI=1S/C31H42F3N3O2S/c1-4-6-23(3)40(38,39)37-14-13-36(20-25-17-31(33,34)18-25)30(21-37)29-16-27(19-35)26(15-22(29)2)8-5-7-24-9-11-28(32)12-10-24/h9-12,15-16,19,23,25,30,35H,4-8,13-14,17-18,20-21H2,1-3H3/t23?,30-/m0/s1. The molecule has 2 fully saturated rings. The van der Waals surface area contributed by atoms with E-state index in [1.807, 2.05) is 19.9 Å². The number of halogens is 3. The Bertz CT molecular complexity index is 1280. The van der Waals surface area contributed by atoms with Gasteiger partial charge in [-0.05, 0) is 91.5 Å². The van der Waals surface area contributed by atoms with Crippen molar-refractivity contribution in [1.29, 1.82) is 5.41 Å². The van der Waals surface area contributed by atoms with Crippen molar-refractivity contribution in [2.75, 3.05) is 26.2 Å². The van der Waals surface area contributed by atoms with Crippen LogP contribution in [0.5, 0.6) is 0 Å². The summed E-state index contributed by atoms with van der Waals surface area (Å²) in [6.45, 7) is 7.38. The molecule has 1 aliphatic carbocycles. The number of nitrogens with one attached hydrogen (secondary N) is 1. The van der Waals surface area contributed by atoms with Crippen molar-refractivity contribution < 1.29 is 21.6 Å². The first-order chi connectivity index (χ1) is 18.9. The molecule has 4 rings (SSSR count). The summed E-state index contributed by atoms with van der Waals surface area (Å²) >= 11 is 0. The lowest BCUT2D eigenvalue weighted by atomic mass is 9.80. The molecule has 2 aliphatic rings. The van der Waals surface area contributed by atoms with Crippen molar-refractivity contribution in [1.82, 2.24) is 9.21 Å². The summed E-state index contributed by atoms with van der Waals surface area (Å²) in [4.78, 5) is 2.18. The molecule has 5 nitrogen and oxygen atoms in total. The van der Waals surface area contributed by atoms with Crippen LogP contribution in [0.2, 0.25) is 0 Å². The minimum atomic E-state index is -3.49. The molecule has 2 aromatic rings. The SMILES string of the molecule is CCCC(C)S(=O)(=O)N1CCN(CC2CC(F)(F)C2)[C@H](c2cc(C=N)c(CCCc3ccc(F)cc3)cc2C)C1. The van der Waals surface area contributed by atoms with Crippen molar-refractivity contribution in [2.45, 2.75) is 82.9 Å². The Labute approximate surface area is 237 Å². The zero-order chi connectivity index (χ0) is 29.1. The molecule has 0 amide bonds. The van der Waals surface area contributed by atoms with Crippen molar-refractivity contribution in [3.63, 3.8) is 0 Å². The maximum atomic E-state index is 13.6. The average molecular weight is 578 g/mol. The fourth-order valence-corrected chi connectivity index (χ4v) is 7.97. The lowest BCUT2D eigenvalue weighted by Gasteiger charge is -2.46. The summed E-state index contributed by atoms with van der Waals surface area (Å²) < 4.78 is 68.9. The van der Waals surface area contributed by atoms with Gasteiger partial charge in [-0.25, -0.2) is 21.6 Å². The van der Waals surface area contributed by atoms with E-state index in [0.717, 1.165) is 53.5 Å². The Kier molecular flexibility index (Phi) is 9.78. The van der Waals surface area contributed by atoms with Gasteiger partial charge in [-0.1, -0.05) is 31.5 Å². The number of aryl methyl sites for hydroxylation is 3. The molecule has 0 radical (unpaired) electrons. The van der Waals surface area contributed by atoms with Gasteiger partial charge in [0.05, 0.1) is 5.25 Å². The molecule has 1 unspecified atom stereocenters. The number of rotatable bonds is 12. The molecule has 1 saturated heterocycles. The highest BCUT2D eigenvalue weighted by molar-refractivity contribution is 7.89. The van der Waals surface area contributed by atoms with E-state index in [4.69, 9.17) is 5.41 Å². The molecular weight excluding hydrogens is 535 g/mol. The van der Waals surface area contributed by atoms with E-state index in [9.17, 15) is 21.6 Å². The molecule has 2 atom stereocenters. The Morgan fingerprint density at radius 1 is 1.12 bits per heavy atom. The van der Waals surface area contributed by atoms with Gasteiger partial charge in [-0.2, -0.15) is 4.31 Å². The van der Waals surface area contributed by atoms with Gasteiger partial charge in [-0.15, -0.1) is 0 Å². The van der Waals surface area contributed by atoms with Crippen LogP contribution in [0.1, 0.15) is 79.8 Å². The third kappa shape index (κ3) is 7.15. The maximum absolute atomic E-state index is 13.6. The van der Waals surface area contributed by atoms with Crippen LogP contribution < -0.4 is 0 Å². The minimum Gasteiger partial charge on any atom is -0.308 e. The molecule has 40 heavy (non-hydrogen) atoms. The normalized spacial score (nSPS) is 21.2. The lowest BCUT2D eigenvalue weighted by Crippen LogP contribution is -2.54. The summed E-state index contributed by atoms with van der Waals surface area (Å²) in [5.41, 5.74) is 4.85. The van der Waals surface area contributed by atoms with E-state index in [1.54, 1.807) is 23.4 Å². The first-order valence-corrected chi connectivity index (χ1v) is 15.9. The number of alkyl halides is 2. The summed E-state index contributed by atoms with van der Waals surface area (Å²) in [5.74, 6) is -2.96. The monoisotopic (exact) mass is 577 g/mol. The molecule has 9 heteroatoms. The van der Waals surface area contributed by atoms with Gasteiger partial charge in [0, 0.05) is 51.3 Å². The molecule has 0 spiro atoms. The molecule has 1 saturated carbocycles.